The smallest absolute Gasteiger partial charge is 0.241 e. The van der Waals surface area contributed by atoms with Gasteiger partial charge in [-0.1, -0.05) is 60.7 Å². The van der Waals surface area contributed by atoms with Gasteiger partial charge in [-0.25, -0.2) is 0 Å². The Kier molecular flexibility index (Phi) is 6.58. The summed E-state index contributed by atoms with van der Waals surface area (Å²) in [6.07, 6.45) is 4.39. The maximum Gasteiger partial charge on any atom is 0.241 e. The molecule has 3 rings (SSSR count). The molecular weight excluding hydrogens is 322 g/mol. The quantitative estimate of drug-likeness (QED) is 0.869. The van der Waals surface area contributed by atoms with E-state index in [0.717, 1.165) is 38.4 Å². The highest BCUT2D eigenvalue weighted by molar-refractivity contribution is 5.94. The Morgan fingerprint density at radius 1 is 1.00 bits per heavy atom. The average Bonchev–Trinajstić information content (AvgIpc) is 2.69. The van der Waals surface area contributed by atoms with Crippen LogP contribution in [-0.4, -0.2) is 54.5 Å². The van der Waals surface area contributed by atoms with Crippen molar-refractivity contribution in [1.82, 2.24) is 9.80 Å². The minimum atomic E-state index is -0.114. The van der Waals surface area contributed by atoms with Crippen molar-refractivity contribution in [3.63, 3.8) is 0 Å². The predicted molar refractivity (Wildman–Crippen MR) is 108 cm³/mol. The van der Waals surface area contributed by atoms with Gasteiger partial charge in [-0.3, -0.25) is 14.6 Å². The fraction of sp³-hybridized carbons (Fsp3) is 0.318. The Morgan fingerprint density at radius 2 is 1.62 bits per heavy atom. The van der Waals surface area contributed by atoms with Crippen molar-refractivity contribution in [1.29, 1.82) is 0 Å². The molecule has 4 heteroatoms. The zero-order chi connectivity index (χ0) is 18.2. The second-order valence-electron chi connectivity index (χ2n) is 6.68. The molecule has 136 valence electrons. The van der Waals surface area contributed by atoms with E-state index < -0.39 is 0 Å². The van der Waals surface area contributed by atoms with Crippen molar-refractivity contribution in [2.24, 2.45) is 0 Å². The average molecular weight is 349 g/mol. The third-order valence-corrected chi connectivity index (χ3v) is 4.85. The number of nitrogens with one attached hydrogen (secondary N) is 1. The Balaban J connectivity index is 1.42. The lowest BCUT2D eigenvalue weighted by Crippen LogP contribution is -2.52. The van der Waals surface area contributed by atoms with Crippen molar-refractivity contribution in [3.8, 4) is 0 Å². The van der Waals surface area contributed by atoms with Crippen LogP contribution in [0.1, 0.15) is 12.5 Å². The van der Waals surface area contributed by atoms with Crippen LogP contribution in [-0.2, 0) is 4.79 Å². The maximum atomic E-state index is 12.4. The van der Waals surface area contributed by atoms with E-state index in [0.29, 0.717) is 0 Å². The molecule has 1 fully saturated rings. The van der Waals surface area contributed by atoms with E-state index in [4.69, 9.17) is 0 Å². The zero-order valence-electron chi connectivity index (χ0n) is 15.3. The minimum Gasteiger partial charge on any atom is -0.325 e. The van der Waals surface area contributed by atoms with Gasteiger partial charge in [0.2, 0.25) is 5.91 Å². The normalized spacial score (nSPS) is 17.3. The monoisotopic (exact) mass is 349 g/mol. The van der Waals surface area contributed by atoms with E-state index in [-0.39, 0.29) is 11.9 Å². The summed E-state index contributed by atoms with van der Waals surface area (Å²) in [5.74, 6) is 0.0635. The molecule has 2 aromatic rings. The number of carbonyl (C=O) groups excluding carboxylic acids is 1. The van der Waals surface area contributed by atoms with Crippen molar-refractivity contribution in [2.45, 2.75) is 13.0 Å². The molecule has 2 aromatic carbocycles. The minimum absolute atomic E-state index is 0.0635. The lowest BCUT2D eigenvalue weighted by atomic mass is 10.2. The van der Waals surface area contributed by atoms with Crippen LogP contribution in [0.3, 0.4) is 0 Å². The van der Waals surface area contributed by atoms with Crippen LogP contribution in [0.25, 0.3) is 6.08 Å². The van der Waals surface area contributed by atoms with E-state index in [1.54, 1.807) is 0 Å². The second kappa shape index (κ2) is 9.32. The second-order valence-corrected chi connectivity index (χ2v) is 6.68. The summed E-state index contributed by atoms with van der Waals surface area (Å²) >= 11 is 0. The summed E-state index contributed by atoms with van der Waals surface area (Å²) < 4.78 is 0. The van der Waals surface area contributed by atoms with Crippen LogP contribution in [0, 0.1) is 0 Å². The van der Waals surface area contributed by atoms with Crippen molar-refractivity contribution < 1.29 is 4.79 Å². The van der Waals surface area contributed by atoms with Gasteiger partial charge in [0.15, 0.2) is 0 Å². The number of anilines is 1. The molecule has 1 aliphatic heterocycles. The molecule has 1 atom stereocenters. The summed E-state index contributed by atoms with van der Waals surface area (Å²) in [7, 11) is 0. The summed E-state index contributed by atoms with van der Waals surface area (Å²) in [5, 5.41) is 3.00. The van der Waals surface area contributed by atoms with E-state index in [1.807, 2.05) is 43.3 Å². The predicted octanol–water partition coefficient (Wildman–Crippen LogP) is 3.34. The standard InChI is InChI=1S/C22H27N3O/c1-19(22(26)23-21-12-6-3-7-13-21)25-17-15-24(16-18-25)14-8-11-20-9-4-2-5-10-20/h2-13,19H,14-18H2,1H3,(H,23,26)/b11-8+. The lowest BCUT2D eigenvalue weighted by molar-refractivity contribution is -0.121. The Labute approximate surface area is 156 Å². The van der Waals surface area contributed by atoms with E-state index in [9.17, 15) is 4.79 Å². The molecule has 1 N–H and O–H groups in total. The highest BCUT2D eigenvalue weighted by atomic mass is 16.2. The van der Waals surface area contributed by atoms with Crippen molar-refractivity contribution in [3.05, 3.63) is 72.3 Å². The first kappa shape index (κ1) is 18.4. The van der Waals surface area contributed by atoms with Gasteiger partial charge in [-0.05, 0) is 24.6 Å². The van der Waals surface area contributed by atoms with Gasteiger partial charge >= 0.3 is 0 Å². The lowest BCUT2D eigenvalue weighted by Gasteiger charge is -2.37. The van der Waals surface area contributed by atoms with Gasteiger partial charge < -0.3 is 5.32 Å². The first-order valence-corrected chi connectivity index (χ1v) is 9.26. The van der Waals surface area contributed by atoms with E-state index >= 15 is 0 Å². The third-order valence-electron chi connectivity index (χ3n) is 4.85. The number of amides is 1. The Hall–Kier alpha value is -2.43. The number of hydrogen-bond acceptors (Lipinski definition) is 3. The van der Waals surface area contributed by atoms with E-state index in [1.165, 1.54) is 5.56 Å². The molecule has 1 heterocycles. The van der Waals surface area contributed by atoms with Crippen LogP contribution in [0.5, 0.6) is 0 Å². The summed E-state index contributed by atoms with van der Waals surface area (Å²) in [4.78, 5) is 17.1. The van der Waals surface area contributed by atoms with Gasteiger partial charge in [0.05, 0.1) is 6.04 Å². The number of piperazine rings is 1. The first-order valence-electron chi connectivity index (χ1n) is 9.26. The van der Waals surface area contributed by atoms with Crippen LogP contribution in [0.15, 0.2) is 66.7 Å². The molecular formula is C22H27N3O. The molecule has 0 spiro atoms. The molecule has 1 amide bonds. The molecule has 1 saturated heterocycles. The summed E-state index contributed by atoms with van der Waals surface area (Å²) in [6.45, 7) is 6.76. The molecule has 1 unspecified atom stereocenters. The molecule has 0 saturated carbocycles. The van der Waals surface area contributed by atoms with Gasteiger partial charge in [-0.15, -0.1) is 0 Å². The first-order chi connectivity index (χ1) is 12.7. The SMILES string of the molecule is CC(C(=O)Nc1ccccc1)N1CCN(C/C=C/c2ccccc2)CC1. The molecule has 0 aliphatic carbocycles. The molecule has 4 nitrogen and oxygen atoms in total. The van der Waals surface area contributed by atoms with Gasteiger partial charge in [0.25, 0.3) is 0 Å². The summed E-state index contributed by atoms with van der Waals surface area (Å²) in [5.41, 5.74) is 2.09. The number of nitrogens with zero attached hydrogens (tertiary/aromatic N) is 2. The van der Waals surface area contributed by atoms with Crippen LogP contribution in [0.2, 0.25) is 0 Å². The number of benzene rings is 2. The fourth-order valence-corrected chi connectivity index (χ4v) is 3.17. The Bertz CT molecular complexity index is 707. The van der Waals surface area contributed by atoms with Gasteiger partial charge in [0.1, 0.15) is 0 Å². The molecule has 0 radical (unpaired) electrons. The largest absolute Gasteiger partial charge is 0.325 e. The summed E-state index contributed by atoms with van der Waals surface area (Å²) in [6, 6.07) is 19.9. The van der Waals surface area contributed by atoms with Gasteiger partial charge in [-0.2, -0.15) is 0 Å². The molecule has 26 heavy (non-hydrogen) atoms. The Morgan fingerprint density at radius 3 is 2.27 bits per heavy atom. The highest BCUT2D eigenvalue weighted by Gasteiger charge is 2.25. The number of hydrogen-bond donors (Lipinski definition) is 1. The zero-order valence-corrected chi connectivity index (χ0v) is 15.3. The van der Waals surface area contributed by atoms with Crippen LogP contribution >= 0.6 is 0 Å². The molecule has 0 aromatic heterocycles. The van der Waals surface area contributed by atoms with E-state index in [2.05, 4.69) is 51.5 Å². The highest BCUT2D eigenvalue weighted by Crippen LogP contribution is 2.11. The fourth-order valence-electron chi connectivity index (χ4n) is 3.17. The third kappa shape index (κ3) is 5.28. The van der Waals surface area contributed by atoms with Crippen LogP contribution < -0.4 is 5.32 Å². The number of carbonyl (C=O) groups is 1. The topological polar surface area (TPSA) is 35.6 Å². The van der Waals surface area contributed by atoms with Crippen molar-refractivity contribution in [2.75, 3.05) is 38.0 Å². The van der Waals surface area contributed by atoms with Crippen molar-refractivity contribution >= 4 is 17.7 Å². The number of para-hydroxylation sites is 1. The van der Waals surface area contributed by atoms with Gasteiger partial charge in [0, 0.05) is 38.4 Å². The number of rotatable bonds is 6. The van der Waals surface area contributed by atoms with Crippen LogP contribution in [0.4, 0.5) is 5.69 Å². The maximum absolute atomic E-state index is 12.4. The molecule has 0 bridgehead atoms. The molecule has 1 aliphatic rings.